The van der Waals surface area contributed by atoms with Crippen molar-refractivity contribution >= 4 is 24.2 Å². The fourth-order valence-electron chi connectivity index (χ4n) is 2.16. The van der Waals surface area contributed by atoms with Crippen LogP contribution >= 0.6 is 0 Å². The summed E-state index contributed by atoms with van der Waals surface area (Å²) in [6.07, 6.45) is 0.412. The zero-order valence-corrected chi connectivity index (χ0v) is 11.4. The topological polar surface area (TPSA) is 107 Å². The third-order valence-electron chi connectivity index (χ3n) is 3.23. The third kappa shape index (κ3) is 2.55. The van der Waals surface area contributed by atoms with Crippen molar-refractivity contribution in [3.63, 3.8) is 0 Å². The number of cyclic esters (lactones) is 2. The second kappa shape index (κ2) is 5.38. The summed E-state index contributed by atoms with van der Waals surface area (Å²) in [6, 6.07) is 8.09. The molecule has 23 heavy (non-hydrogen) atoms. The molecule has 0 aromatic heterocycles. The molecule has 0 radical (unpaired) electrons. The maximum atomic E-state index is 11.5. The van der Waals surface area contributed by atoms with Gasteiger partial charge in [0.2, 0.25) is 0 Å². The molecule has 2 aromatic rings. The summed E-state index contributed by atoms with van der Waals surface area (Å²) < 4.78 is 9.96. The van der Waals surface area contributed by atoms with Crippen LogP contribution in [0.15, 0.2) is 36.4 Å². The van der Waals surface area contributed by atoms with Gasteiger partial charge in [-0.25, -0.2) is 14.4 Å². The first-order valence-electron chi connectivity index (χ1n) is 6.40. The van der Waals surface area contributed by atoms with E-state index in [4.69, 9.17) is 9.84 Å². The minimum absolute atomic E-state index is 0.0363. The number of benzene rings is 2. The molecule has 0 saturated carbocycles. The summed E-state index contributed by atoms with van der Waals surface area (Å²) in [6.45, 7) is 0. The molecule has 3 rings (SSSR count). The van der Waals surface area contributed by atoms with E-state index in [1.807, 2.05) is 0 Å². The van der Waals surface area contributed by atoms with E-state index in [0.29, 0.717) is 6.29 Å². The van der Waals surface area contributed by atoms with Crippen LogP contribution in [0, 0.1) is 0 Å². The summed E-state index contributed by atoms with van der Waals surface area (Å²) in [5.74, 6) is -2.24. The lowest BCUT2D eigenvalue weighted by molar-refractivity contribution is 0.0443. The number of carbonyl (C=O) groups excluding carboxylic acids is 3. The lowest BCUT2D eigenvalue weighted by atomic mass is 10.1. The molecule has 0 saturated heterocycles. The number of carbonyl (C=O) groups is 4. The second-order valence-electron chi connectivity index (χ2n) is 4.66. The number of esters is 2. The summed E-state index contributed by atoms with van der Waals surface area (Å²) in [5, 5.41) is 8.95. The van der Waals surface area contributed by atoms with Crippen LogP contribution in [0.2, 0.25) is 0 Å². The van der Waals surface area contributed by atoms with Crippen LogP contribution < -0.4 is 4.74 Å². The Hall–Kier alpha value is -3.48. The van der Waals surface area contributed by atoms with E-state index in [0.717, 1.165) is 0 Å². The highest BCUT2D eigenvalue weighted by Crippen LogP contribution is 2.28. The van der Waals surface area contributed by atoms with E-state index in [1.165, 1.54) is 36.4 Å². The molecular weight excluding hydrogens is 304 g/mol. The molecule has 0 amide bonds. The quantitative estimate of drug-likeness (QED) is 0.524. The lowest BCUT2D eigenvalue weighted by Crippen LogP contribution is -2.02. The van der Waals surface area contributed by atoms with Crippen LogP contribution in [-0.2, 0) is 4.74 Å². The Morgan fingerprint density at radius 1 is 1.00 bits per heavy atom. The van der Waals surface area contributed by atoms with Gasteiger partial charge in [-0.1, -0.05) is 0 Å². The number of carboxylic acid groups (broad SMARTS) is 1. The SMILES string of the molecule is O=Cc1cc(Oc2ccc3c(c2)C(=O)OC3=O)ccc1C(=O)O. The molecule has 2 aromatic carbocycles. The van der Waals surface area contributed by atoms with Crippen LogP contribution in [-0.4, -0.2) is 29.3 Å². The summed E-state index contributed by atoms with van der Waals surface area (Å²) in [4.78, 5) is 44.8. The number of carboxylic acids is 1. The van der Waals surface area contributed by atoms with E-state index in [1.54, 1.807) is 0 Å². The Labute approximate surface area is 129 Å². The van der Waals surface area contributed by atoms with Crippen LogP contribution in [0.25, 0.3) is 0 Å². The van der Waals surface area contributed by atoms with Gasteiger partial charge in [0.05, 0.1) is 16.7 Å². The highest BCUT2D eigenvalue weighted by atomic mass is 16.6. The monoisotopic (exact) mass is 312 g/mol. The van der Waals surface area contributed by atoms with Gasteiger partial charge in [0, 0.05) is 5.56 Å². The van der Waals surface area contributed by atoms with Gasteiger partial charge in [-0.2, -0.15) is 0 Å². The first-order valence-corrected chi connectivity index (χ1v) is 6.40. The molecule has 0 fully saturated rings. The van der Waals surface area contributed by atoms with E-state index in [-0.39, 0.29) is 33.8 Å². The predicted molar refractivity (Wildman–Crippen MR) is 75.1 cm³/mol. The van der Waals surface area contributed by atoms with E-state index in [9.17, 15) is 19.2 Å². The lowest BCUT2D eigenvalue weighted by Gasteiger charge is -2.08. The van der Waals surface area contributed by atoms with Gasteiger partial charge >= 0.3 is 17.9 Å². The minimum atomic E-state index is -1.22. The van der Waals surface area contributed by atoms with Crippen molar-refractivity contribution in [2.24, 2.45) is 0 Å². The first kappa shape index (κ1) is 14.5. The van der Waals surface area contributed by atoms with Gasteiger partial charge in [0.15, 0.2) is 6.29 Å². The number of hydrogen-bond acceptors (Lipinski definition) is 6. The Kier molecular flexibility index (Phi) is 3.38. The molecule has 0 bridgehead atoms. The number of rotatable bonds is 4. The van der Waals surface area contributed by atoms with Gasteiger partial charge in [-0.3, -0.25) is 4.79 Å². The van der Waals surface area contributed by atoms with E-state index in [2.05, 4.69) is 4.74 Å². The normalized spacial score (nSPS) is 12.5. The molecule has 1 N–H and O–H groups in total. The number of aromatic carboxylic acids is 1. The first-order chi connectivity index (χ1) is 11.0. The minimum Gasteiger partial charge on any atom is -0.478 e. The van der Waals surface area contributed by atoms with Crippen molar-refractivity contribution in [2.45, 2.75) is 0 Å². The van der Waals surface area contributed by atoms with Crippen LogP contribution in [0.4, 0.5) is 0 Å². The Balaban J connectivity index is 1.93. The molecule has 114 valence electrons. The molecule has 1 heterocycles. The van der Waals surface area contributed by atoms with Crippen LogP contribution in [0.5, 0.6) is 11.5 Å². The zero-order valence-electron chi connectivity index (χ0n) is 11.4. The molecular formula is C16H8O7. The molecule has 0 spiro atoms. The molecule has 0 atom stereocenters. The van der Waals surface area contributed by atoms with Gasteiger partial charge in [0.25, 0.3) is 0 Å². The Morgan fingerprint density at radius 3 is 2.35 bits per heavy atom. The van der Waals surface area contributed by atoms with Crippen molar-refractivity contribution in [3.8, 4) is 11.5 Å². The fraction of sp³-hybridized carbons (Fsp3) is 0. The summed E-state index contributed by atoms with van der Waals surface area (Å²) >= 11 is 0. The smallest absolute Gasteiger partial charge is 0.347 e. The van der Waals surface area contributed by atoms with E-state index >= 15 is 0 Å². The second-order valence-corrected chi connectivity index (χ2v) is 4.66. The number of aldehydes is 1. The standard InChI is InChI=1S/C16H8O7/c17-7-8-5-9(1-3-11(8)14(18)19)22-10-2-4-12-13(6-10)16(21)23-15(12)20/h1-7H,(H,18,19). The van der Waals surface area contributed by atoms with Gasteiger partial charge in [-0.15, -0.1) is 0 Å². The Bertz CT molecular complexity index is 867. The van der Waals surface area contributed by atoms with Crippen molar-refractivity contribution in [2.75, 3.05) is 0 Å². The largest absolute Gasteiger partial charge is 0.478 e. The molecule has 0 aliphatic carbocycles. The fourth-order valence-corrected chi connectivity index (χ4v) is 2.16. The highest BCUT2D eigenvalue weighted by molar-refractivity contribution is 6.14. The number of fused-ring (bicyclic) bond motifs is 1. The van der Waals surface area contributed by atoms with Crippen molar-refractivity contribution in [1.29, 1.82) is 0 Å². The average molecular weight is 312 g/mol. The Morgan fingerprint density at radius 2 is 1.65 bits per heavy atom. The predicted octanol–water partition coefficient (Wildman–Crippen LogP) is 2.30. The number of hydrogen-bond donors (Lipinski definition) is 1. The highest BCUT2D eigenvalue weighted by Gasteiger charge is 2.29. The van der Waals surface area contributed by atoms with Gasteiger partial charge in [0.1, 0.15) is 11.5 Å². The molecule has 0 unspecified atom stereocenters. The third-order valence-corrected chi connectivity index (χ3v) is 3.23. The van der Waals surface area contributed by atoms with Gasteiger partial charge in [-0.05, 0) is 36.4 Å². The number of ether oxygens (including phenoxy) is 2. The average Bonchev–Trinajstić information content (AvgIpc) is 2.81. The zero-order chi connectivity index (χ0) is 16.6. The maximum Gasteiger partial charge on any atom is 0.347 e. The van der Waals surface area contributed by atoms with Crippen molar-refractivity contribution in [3.05, 3.63) is 58.7 Å². The molecule has 7 nitrogen and oxygen atoms in total. The summed E-state index contributed by atoms with van der Waals surface area (Å²) in [7, 11) is 0. The van der Waals surface area contributed by atoms with Crippen LogP contribution in [0.1, 0.15) is 41.4 Å². The van der Waals surface area contributed by atoms with Gasteiger partial charge < -0.3 is 14.6 Å². The maximum absolute atomic E-state index is 11.5. The molecule has 1 aliphatic rings. The van der Waals surface area contributed by atoms with Crippen LogP contribution in [0.3, 0.4) is 0 Å². The van der Waals surface area contributed by atoms with E-state index < -0.39 is 17.9 Å². The molecule has 7 heteroatoms. The summed E-state index contributed by atoms with van der Waals surface area (Å²) in [5.41, 5.74) is 0.0589. The molecule has 1 aliphatic heterocycles. The van der Waals surface area contributed by atoms with Crippen molar-refractivity contribution < 1.29 is 33.8 Å². The van der Waals surface area contributed by atoms with Crippen molar-refractivity contribution in [1.82, 2.24) is 0 Å².